The molecule has 0 saturated heterocycles. The lowest BCUT2D eigenvalue weighted by Gasteiger charge is -2.10. The Morgan fingerprint density at radius 2 is 2.00 bits per heavy atom. The number of nitrogens with one attached hydrogen (secondary N) is 1. The van der Waals surface area contributed by atoms with E-state index >= 15 is 0 Å². The Bertz CT molecular complexity index is 1210. The maximum absolute atomic E-state index is 12.5. The zero-order valence-corrected chi connectivity index (χ0v) is 16.9. The second-order valence-electron chi connectivity index (χ2n) is 6.17. The lowest BCUT2D eigenvalue weighted by molar-refractivity contribution is -0.111. The molecule has 2 aromatic rings. The van der Waals surface area contributed by atoms with Crippen molar-refractivity contribution in [2.45, 2.75) is 4.90 Å². The molecule has 9 heteroatoms. The van der Waals surface area contributed by atoms with Crippen LogP contribution in [0.5, 0.6) is 11.5 Å². The van der Waals surface area contributed by atoms with Crippen LogP contribution in [0.2, 0.25) is 0 Å². The van der Waals surface area contributed by atoms with Crippen LogP contribution in [0.4, 0.5) is 5.69 Å². The highest BCUT2D eigenvalue weighted by Gasteiger charge is 2.33. The smallest absolute Gasteiger partial charge is 0.348 e. The van der Waals surface area contributed by atoms with Gasteiger partial charge in [0.15, 0.2) is 21.3 Å². The van der Waals surface area contributed by atoms with Gasteiger partial charge in [-0.25, -0.2) is 13.2 Å². The van der Waals surface area contributed by atoms with Crippen molar-refractivity contribution in [1.82, 2.24) is 0 Å². The average molecular weight is 427 g/mol. The minimum Gasteiger partial charge on any atom is -0.492 e. The summed E-state index contributed by atoms with van der Waals surface area (Å²) in [7, 11) is -2.19. The molecule has 1 heterocycles. The third kappa shape index (κ3) is 4.14. The first-order chi connectivity index (χ1) is 14.3. The van der Waals surface area contributed by atoms with E-state index in [1.807, 2.05) is 0 Å². The predicted molar refractivity (Wildman–Crippen MR) is 109 cm³/mol. The van der Waals surface area contributed by atoms with E-state index in [0.717, 1.165) is 12.3 Å². The van der Waals surface area contributed by atoms with Crippen molar-refractivity contribution in [2.24, 2.45) is 0 Å². The number of benzene rings is 2. The van der Waals surface area contributed by atoms with E-state index in [4.69, 9.17) is 20.6 Å². The molecular weight excluding hydrogens is 410 g/mol. The molecule has 30 heavy (non-hydrogen) atoms. The van der Waals surface area contributed by atoms with Gasteiger partial charge in [0.05, 0.1) is 17.7 Å². The van der Waals surface area contributed by atoms with Crippen molar-refractivity contribution in [3.63, 3.8) is 0 Å². The molecule has 3 rings (SSSR count). The molecule has 1 aliphatic rings. The van der Waals surface area contributed by atoms with E-state index in [-0.39, 0.29) is 40.0 Å². The minimum atomic E-state index is -3.55. The summed E-state index contributed by atoms with van der Waals surface area (Å²) in [5, 5.41) is 2.49. The van der Waals surface area contributed by atoms with Gasteiger partial charge >= 0.3 is 5.97 Å². The average Bonchev–Trinajstić information content (AvgIpc) is 3.00. The van der Waals surface area contributed by atoms with Crippen molar-refractivity contribution >= 4 is 33.2 Å². The number of carbonyl (C=O) groups is 2. The molecule has 1 N–H and O–H groups in total. The summed E-state index contributed by atoms with van der Waals surface area (Å²) in [6, 6.07) is 9.06. The summed E-state index contributed by atoms with van der Waals surface area (Å²) in [5.41, 5.74) is 0.543. The fraction of sp³-hybridized carbons (Fsp3) is 0.143. The van der Waals surface area contributed by atoms with Gasteiger partial charge in [-0.05, 0) is 24.3 Å². The second kappa shape index (κ2) is 8.31. The second-order valence-corrected chi connectivity index (χ2v) is 8.15. The van der Waals surface area contributed by atoms with Crippen LogP contribution in [0.1, 0.15) is 15.9 Å². The standard InChI is InChI=1S/C21H17NO7S/c1-4-11-28-15-10-9-13-16(29-21(24)19(13)20(15)27-2)12-18(23)22-14-7-5-6-8-17(14)30(3,25)26/h1,5-10,12H,11H2,2-3H3,(H,22,23). The predicted octanol–water partition coefficient (Wildman–Crippen LogP) is 2.26. The Balaban J connectivity index is 1.94. The van der Waals surface area contributed by atoms with E-state index in [1.54, 1.807) is 18.2 Å². The first-order valence-electron chi connectivity index (χ1n) is 8.57. The van der Waals surface area contributed by atoms with Gasteiger partial charge in [-0.2, -0.15) is 0 Å². The highest BCUT2D eigenvalue weighted by molar-refractivity contribution is 7.90. The van der Waals surface area contributed by atoms with Crippen molar-refractivity contribution in [3.05, 3.63) is 53.6 Å². The van der Waals surface area contributed by atoms with Gasteiger partial charge in [0.25, 0.3) is 5.91 Å². The van der Waals surface area contributed by atoms with E-state index < -0.39 is 21.7 Å². The summed E-state index contributed by atoms with van der Waals surface area (Å²) in [5.74, 6) is 1.32. The summed E-state index contributed by atoms with van der Waals surface area (Å²) in [6.07, 6.45) is 7.29. The van der Waals surface area contributed by atoms with E-state index in [9.17, 15) is 18.0 Å². The molecule has 8 nitrogen and oxygen atoms in total. The van der Waals surface area contributed by atoms with Crippen LogP contribution in [0.15, 0.2) is 47.4 Å². The summed E-state index contributed by atoms with van der Waals surface area (Å²) < 4.78 is 39.6. The Morgan fingerprint density at radius 1 is 1.27 bits per heavy atom. The van der Waals surface area contributed by atoms with Gasteiger partial charge in [-0.3, -0.25) is 4.79 Å². The van der Waals surface area contributed by atoms with Crippen molar-refractivity contribution in [2.75, 3.05) is 25.3 Å². The van der Waals surface area contributed by atoms with Gasteiger partial charge in [-0.1, -0.05) is 18.1 Å². The molecule has 0 unspecified atom stereocenters. The SMILES string of the molecule is C#CCOc1ccc2c(c1OC)C(=O)OC2=CC(=O)Nc1ccccc1S(C)(=O)=O. The topological polar surface area (TPSA) is 108 Å². The molecule has 0 aliphatic carbocycles. The molecule has 0 aromatic heterocycles. The third-order valence-corrected chi connectivity index (χ3v) is 5.27. The lowest BCUT2D eigenvalue weighted by Crippen LogP contribution is -2.12. The van der Waals surface area contributed by atoms with Gasteiger partial charge in [0.2, 0.25) is 0 Å². The molecule has 0 spiro atoms. The molecule has 0 bridgehead atoms. The van der Waals surface area contributed by atoms with E-state index in [1.165, 1.54) is 25.3 Å². The number of anilines is 1. The van der Waals surface area contributed by atoms with Crippen LogP contribution in [-0.2, 0) is 19.4 Å². The zero-order chi connectivity index (χ0) is 21.9. The van der Waals surface area contributed by atoms with E-state index in [0.29, 0.717) is 5.56 Å². The zero-order valence-electron chi connectivity index (χ0n) is 16.1. The van der Waals surface area contributed by atoms with Crippen LogP contribution in [0, 0.1) is 12.3 Å². The summed E-state index contributed by atoms with van der Waals surface area (Å²) >= 11 is 0. The fourth-order valence-corrected chi connectivity index (χ4v) is 3.75. The normalized spacial score (nSPS) is 13.9. The number of hydrogen-bond acceptors (Lipinski definition) is 7. The monoisotopic (exact) mass is 427 g/mol. The number of methoxy groups -OCH3 is 1. The van der Waals surface area contributed by atoms with Crippen LogP contribution in [0.25, 0.3) is 5.76 Å². The highest BCUT2D eigenvalue weighted by atomic mass is 32.2. The Hall–Kier alpha value is -3.77. The highest BCUT2D eigenvalue weighted by Crippen LogP contribution is 2.41. The van der Waals surface area contributed by atoms with Crippen molar-refractivity contribution in [1.29, 1.82) is 0 Å². The van der Waals surface area contributed by atoms with Crippen LogP contribution in [0.3, 0.4) is 0 Å². The number of carbonyl (C=O) groups excluding carboxylic acids is 2. The van der Waals surface area contributed by atoms with Gasteiger partial charge in [0.1, 0.15) is 17.9 Å². The number of ether oxygens (including phenoxy) is 3. The molecular formula is C21H17NO7S. The molecule has 154 valence electrons. The van der Waals surface area contributed by atoms with Crippen LogP contribution < -0.4 is 14.8 Å². The number of fused-ring (bicyclic) bond motifs is 1. The number of sulfone groups is 1. The molecule has 0 atom stereocenters. The number of amides is 1. The lowest BCUT2D eigenvalue weighted by atomic mass is 10.1. The first kappa shape index (κ1) is 21.0. The number of para-hydroxylation sites is 1. The molecule has 0 saturated carbocycles. The molecule has 0 fully saturated rings. The molecule has 1 aliphatic heterocycles. The number of esters is 1. The Morgan fingerprint density at radius 3 is 2.67 bits per heavy atom. The van der Waals surface area contributed by atoms with E-state index in [2.05, 4.69) is 11.2 Å². The number of rotatable bonds is 6. The number of terminal acetylenes is 1. The van der Waals surface area contributed by atoms with Gasteiger partial charge in [0, 0.05) is 17.9 Å². The number of cyclic esters (lactones) is 1. The quantitative estimate of drug-likeness (QED) is 0.428. The fourth-order valence-electron chi connectivity index (χ4n) is 2.90. The molecule has 0 radical (unpaired) electrons. The van der Waals surface area contributed by atoms with Crippen molar-refractivity contribution in [3.8, 4) is 23.8 Å². The van der Waals surface area contributed by atoms with Crippen LogP contribution >= 0.6 is 0 Å². The molecule has 1 amide bonds. The Kier molecular flexibility index (Phi) is 5.80. The van der Waals surface area contributed by atoms with Crippen LogP contribution in [-0.4, -0.2) is 40.3 Å². The maximum Gasteiger partial charge on any atom is 0.348 e. The number of hydrogen-bond donors (Lipinski definition) is 1. The minimum absolute atomic E-state index is 0.00821. The molecule has 2 aromatic carbocycles. The largest absolute Gasteiger partial charge is 0.492 e. The summed E-state index contributed by atoms with van der Waals surface area (Å²) in [4.78, 5) is 24.8. The van der Waals surface area contributed by atoms with Gasteiger partial charge < -0.3 is 19.5 Å². The Labute approximate surface area is 173 Å². The van der Waals surface area contributed by atoms with Gasteiger partial charge in [-0.15, -0.1) is 6.42 Å². The third-order valence-electron chi connectivity index (χ3n) is 4.12. The summed E-state index contributed by atoms with van der Waals surface area (Å²) in [6.45, 7) is -0.0188. The first-order valence-corrected chi connectivity index (χ1v) is 10.5. The van der Waals surface area contributed by atoms with Crippen molar-refractivity contribution < 1.29 is 32.2 Å². The maximum atomic E-state index is 12.5.